The summed E-state index contributed by atoms with van der Waals surface area (Å²) in [6, 6.07) is 14.0. The Bertz CT molecular complexity index is 897. The summed E-state index contributed by atoms with van der Waals surface area (Å²) in [6.45, 7) is 5.05. The van der Waals surface area contributed by atoms with Crippen LogP contribution in [0.15, 0.2) is 59.5 Å². The lowest BCUT2D eigenvalue weighted by Crippen LogP contribution is -2.50. The van der Waals surface area contributed by atoms with Gasteiger partial charge in [-0.1, -0.05) is 37.8 Å². The van der Waals surface area contributed by atoms with E-state index < -0.39 is 26.0 Å². The van der Waals surface area contributed by atoms with E-state index in [2.05, 4.69) is 0 Å². The number of hydrazine groups is 1. The number of nitrogens with zero attached hydrogens (tertiary/aromatic N) is 1. The van der Waals surface area contributed by atoms with Crippen LogP contribution in [0, 0.1) is 0 Å². The zero-order valence-corrected chi connectivity index (χ0v) is 18.6. The third-order valence-electron chi connectivity index (χ3n) is 3.30. The van der Waals surface area contributed by atoms with Crippen molar-refractivity contribution in [2.75, 3.05) is 0 Å². The molecule has 0 unspecified atom stereocenters. The van der Waals surface area contributed by atoms with Gasteiger partial charge in [0.2, 0.25) is 0 Å². The van der Waals surface area contributed by atoms with E-state index in [-0.39, 0.29) is 30.3 Å². The molecule has 0 heterocycles. The van der Waals surface area contributed by atoms with Gasteiger partial charge in [-0.3, -0.25) is 15.4 Å². The van der Waals surface area contributed by atoms with Gasteiger partial charge in [0, 0.05) is 16.7 Å². The molecule has 29 heavy (non-hydrogen) atoms. The standard InChI is InChI=1S/C11H15ClN2O3S.C7H5ClO.CH4.ClH/c1-11(2,3)14(13)18(16,17)9-6-4-8(5-7-9)10(12)15;8-7(9)6-4-2-1-3-5-6;;/h4-7H,13H2,1-3H3;1-5H;1H4;1H. The first-order valence-corrected chi connectivity index (χ1v) is 9.92. The van der Waals surface area contributed by atoms with E-state index in [0.717, 1.165) is 4.41 Å². The smallest absolute Gasteiger partial charge is 0.256 e. The maximum Gasteiger partial charge on any atom is 0.256 e. The molecular weight excluding hydrogens is 459 g/mol. The van der Waals surface area contributed by atoms with Crippen LogP contribution >= 0.6 is 35.6 Å². The van der Waals surface area contributed by atoms with Crippen LogP contribution < -0.4 is 5.84 Å². The lowest BCUT2D eigenvalue weighted by atomic mass is 10.1. The lowest BCUT2D eigenvalue weighted by Gasteiger charge is -2.29. The number of hydrogen-bond acceptors (Lipinski definition) is 5. The molecule has 0 bridgehead atoms. The summed E-state index contributed by atoms with van der Waals surface area (Å²) in [5.74, 6) is 5.61. The zero-order valence-electron chi connectivity index (χ0n) is 15.4. The van der Waals surface area contributed by atoms with Gasteiger partial charge in [-0.25, -0.2) is 8.42 Å². The fourth-order valence-corrected chi connectivity index (χ4v) is 3.48. The second-order valence-corrected chi connectivity index (χ2v) is 8.91. The SMILES string of the molecule is C.CC(C)(C)N(N)S(=O)(=O)c1ccc(C(=O)Cl)cc1.Cl.O=C(Cl)c1ccccc1. The summed E-state index contributed by atoms with van der Waals surface area (Å²) in [5.41, 5.74) is 0.0360. The molecule has 2 aromatic rings. The maximum atomic E-state index is 12.1. The molecule has 10 heteroatoms. The predicted octanol–water partition coefficient (Wildman–Crippen LogP) is 4.85. The lowest BCUT2D eigenvalue weighted by molar-refractivity contribution is 0.107. The number of carbonyl (C=O) groups excluding carboxylic acids is 2. The maximum absolute atomic E-state index is 12.1. The Morgan fingerprint density at radius 2 is 1.24 bits per heavy atom. The Labute approximate surface area is 188 Å². The van der Waals surface area contributed by atoms with E-state index in [4.69, 9.17) is 29.0 Å². The van der Waals surface area contributed by atoms with Crippen molar-refractivity contribution in [1.29, 1.82) is 0 Å². The van der Waals surface area contributed by atoms with Gasteiger partial charge in [-0.15, -0.1) is 16.8 Å². The molecule has 0 spiro atoms. The van der Waals surface area contributed by atoms with Gasteiger partial charge in [-0.05, 0) is 68.2 Å². The Morgan fingerprint density at radius 1 is 0.862 bits per heavy atom. The monoisotopic (exact) mass is 482 g/mol. The normalized spacial score (nSPS) is 10.7. The summed E-state index contributed by atoms with van der Waals surface area (Å²) in [7, 11) is -3.78. The number of rotatable bonds is 4. The minimum absolute atomic E-state index is 0. The Morgan fingerprint density at radius 3 is 1.55 bits per heavy atom. The van der Waals surface area contributed by atoms with Crippen molar-refractivity contribution in [3.8, 4) is 0 Å². The largest absolute Gasteiger partial charge is 0.276 e. The van der Waals surface area contributed by atoms with E-state index in [1.54, 1.807) is 45.0 Å². The van der Waals surface area contributed by atoms with Gasteiger partial charge in [0.1, 0.15) is 0 Å². The molecule has 0 aromatic heterocycles. The molecule has 0 amide bonds. The molecule has 2 aromatic carbocycles. The Kier molecular flexibility index (Phi) is 12.6. The molecule has 0 saturated heterocycles. The molecule has 2 rings (SSSR count). The highest BCUT2D eigenvalue weighted by molar-refractivity contribution is 7.89. The summed E-state index contributed by atoms with van der Waals surface area (Å²) >= 11 is 10.4. The first kappa shape index (κ1) is 29.7. The van der Waals surface area contributed by atoms with Crippen molar-refractivity contribution in [1.82, 2.24) is 4.41 Å². The van der Waals surface area contributed by atoms with Crippen LogP contribution in [0.5, 0.6) is 0 Å². The van der Waals surface area contributed by atoms with E-state index in [1.807, 2.05) is 6.07 Å². The number of halogens is 3. The van der Waals surface area contributed by atoms with Gasteiger partial charge in [0.05, 0.1) is 4.90 Å². The molecule has 0 aliphatic heterocycles. The van der Waals surface area contributed by atoms with Gasteiger partial charge in [0.25, 0.3) is 20.5 Å². The topological polar surface area (TPSA) is 97.5 Å². The first-order chi connectivity index (χ1) is 12.4. The average molecular weight is 484 g/mol. The van der Waals surface area contributed by atoms with E-state index in [9.17, 15) is 18.0 Å². The van der Waals surface area contributed by atoms with Crippen LogP contribution in [0.25, 0.3) is 0 Å². The number of nitrogens with two attached hydrogens (primary N) is 1. The van der Waals surface area contributed by atoms with Crippen molar-refractivity contribution < 1.29 is 18.0 Å². The zero-order chi connectivity index (χ0) is 20.8. The number of benzene rings is 2. The van der Waals surface area contributed by atoms with E-state index in [0.29, 0.717) is 5.56 Å². The summed E-state index contributed by atoms with van der Waals surface area (Å²) < 4.78 is 25.1. The Hall–Kier alpha value is -1.48. The van der Waals surface area contributed by atoms with Crippen LogP contribution in [-0.2, 0) is 10.0 Å². The average Bonchev–Trinajstić information content (AvgIpc) is 2.61. The summed E-state index contributed by atoms with van der Waals surface area (Å²) in [6.07, 6.45) is 0. The molecule has 0 saturated carbocycles. The van der Waals surface area contributed by atoms with E-state index >= 15 is 0 Å². The van der Waals surface area contributed by atoms with Crippen LogP contribution in [0.1, 0.15) is 48.9 Å². The second-order valence-electron chi connectivity index (χ2n) is 6.41. The molecule has 0 aliphatic carbocycles. The van der Waals surface area contributed by atoms with Crippen molar-refractivity contribution >= 4 is 56.1 Å². The number of sulfonamides is 1. The number of hydrogen-bond donors (Lipinski definition) is 1. The quantitative estimate of drug-likeness (QED) is 0.381. The highest BCUT2D eigenvalue weighted by Gasteiger charge is 2.31. The van der Waals surface area contributed by atoms with Crippen LogP contribution in [0.4, 0.5) is 0 Å². The molecule has 2 N–H and O–H groups in total. The van der Waals surface area contributed by atoms with Gasteiger partial charge in [-0.2, -0.15) is 0 Å². The highest BCUT2D eigenvalue weighted by atomic mass is 35.5. The molecule has 0 atom stereocenters. The minimum atomic E-state index is -3.78. The van der Waals surface area contributed by atoms with Gasteiger partial charge < -0.3 is 0 Å². The van der Waals surface area contributed by atoms with Crippen LogP contribution in [0.3, 0.4) is 0 Å². The third kappa shape index (κ3) is 8.82. The van der Waals surface area contributed by atoms with Gasteiger partial charge >= 0.3 is 0 Å². The Balaban J connectivity index is 0. The third-order valence-corrected chi connectivity index (χ3v) is 5.67. The fraction of sp³-hybridized carbons (Fsp3) is 0.263. The number of carbonyl (C=O) groups is 2. The molecule has 0 radical (unpaired) electrons. The molecule has 162 valence electrons. The second kappa shape index (κ2) is 12.3. The molecule has 6 nitrogen and oxygen atoms in total. The predicted molar refractivity (Wildman–Crippen MR) is 120 cm³/mol. The highest BCUT2D eigenvalue weighted by Crippen LogP contribution is 2.21. The van der Waals surface area contributed by atoms with Gasteiger partial charge in [0.15, 0.2) is 0 Å². The van der Waals surface area contributed by atoms with E-state index in [1.165, 1.54) is 24.3 Å². The molecule has 0 fully saturated rings. The summed E-state index contributed by atoms with van der Waals surface area (Å²) in [4.78, 5) is 21.3. The summed E-state index contributed by atoms with van der Waals surface area (Å²) in [5, 5.41) is -1.05. The minimum Gasteiger partial charge on any atom is -0.276 e. The first-order valence-electron chi connectivity index (χ1n) is 7.72. The molecular formula is C19H25Cl3N2O4S. The van der Waals surface area contributed by atoms with Crippen molar-refractivity contribution in [2.45, 2.75) is 38.6 Å². The van der Waals surface area contributed by atoms with Crippen LogP contribution in [0.2, 0.25) is 0 Å². The molecule has 0 aliphatic rings. The van der Waals surface area contributed by atoms with Crippen LogP contribution in [-0.4, -0.2) is 28.9 Å². The van der Waals surface area contributed by atoms with Crippen molar-refractivity contribution in [3.63, 3.8) is 0 Å². The van der Waals surface area contributed by atoms with Crippen molar-refractivity contribution in [3.05, 3.63) is 65.7 Å². The van der Waals surface area contributed by atoms with Crippen molar-refractivity contribution in [2.24, 2.45) is 5.84 Å². The fourth-order valence-electron chi connectivity index (χ4n) is 1.80.